The SMILES string of the molecule is COc1cccc(OC)c1-n1c(CS(=O)(=O)[C@H](C)[C@H](OC)c2cn3ccccc3n2)nnc1-c1ccc(C)o1. The van der Waals surface area contributed by atoms with Gasteiger partial charge in [-0.05, 0) is 50.2 Å². The van der Waals surface area contributed by atoms with Gasteiger partial charge in [0, 0.05) is 19.5 Å². The number of aromatic nitrogens is 5. The van der Waals surface area contributed by atoms with E-state index in [1.807, 2.05) is 35.7 Å². The molecule has 0 bridgehead atoms. The van der Waals surface area contributed by atoms with Gasteiger partial charge < -0.3 is 23.0 Å². The van der Waals surface area contributed by atoms with Gasteiger partial charge in [0.25, 0.3) is 0 Å². The lowest BCUT2D eigenvalue weighted by Crippen LogP contribution is -2.29. The molecule has 0 aliphatic rings. The van der Waals surface area contributed by atoms with E-state index < -0.39 is 26.9 Å². The number of furan rings is 1. The van der Waals surface area contributed by atoms with E-state index in [1.54, 1.807) is 48.0 Å². The fourth-order valence-electron chi connectivity index (χ4n) is 4.56. The van der Waals surface area contributed by atoms with Crippen LogP contribution < -0.4 is 9.47 Å². The number of pyridine rings is 1. The zero-order valence-corrected chi connectivity index (χ0v) is 23.0. The number of nitrogens with zero attached hydrogens (tertiary/aromatic N) is 5. The molecular weight excluding hydrogens is 522 g/mol. The first-order valence-electron chi connectivity index (χ1n) is 12.2. The second-order valence-corrected chi connectivity index (χ2v) is 11.4. The lowest BCUT2D eigenvalue weighted by molar-refractivity contribution is 0.0991. The predicted molar refractivity (Wildman–Crippen MR) is 144 cm³/mol. The van der Waals surface area contributed by atoms with Gasteiger partial charge in [-0.3, -0.25) is 4.57 Å². The molecule has 4 heterocycles. The fourth-order valence-corrected chi connectivity index (χ4v) is 5.99. The maximum absolute atomic E-state index is 13.8. The first-order chi connectivity index (χ1) is 18.8. The summed E-state index contributed by atoms with van der Waals surface area (Å²) in [6.45, 7) is 3.42. The molecule has 0 unspecified atom stereocenters. The van der Waals surface area contributed by atoms with Crippen molar-refractivity contribution in [2.45, 2.75) is 31.0 Å². The standard InChI is InChI=1S/C27H29N5O6S/c1-17-12-13-22(38-17)27-30-29-24(32(27)25-20(35-3)9-8-10-21(25)36-4)16-39(33,34)18(2)26(37-5)19-15-31-14-7-6-11-23(31)28-19/h6-15,18,26H,16H2,1-5H3/t18-,26+/m1/s1. The molecule has 2 atom stereocenters. The van der Waals surface area contributed by atoms with E-state index in [2.05, 4.69) is 15.2 Å². The Morgan fingerprint density at radius 2 is 1.72 bits per heavy atom. The lowest BCUT2D eigenvalue weighted by atomic mass is 10.2. The Labute approximate surface area is 225 Å². The molecule has 0 fully saturated rings. The zero-order valence-electron chi connectivity index (χ0n) is 22.2. The molecule has 11 nitrogen and oxygen atoms in total. The molecule has 0 aliphatic carbocycles. The van der Waals surface area contributed by atoms with Gasteiger partial charge in [0.1, 0.15) is 40.5 Å². The number of sulfone groups is 1. The fraction of sp³-hybridized carbons (Fsp3) is 0.296. The zero-order chi connectivity index (χ0) is 27.7. The van der Waals surface area contributed by atoms with Crippen LogP contribution in [0.25, 0.3) is 22.9 Å². The Bertz CT molecular complexity index is 1670. The van der Waals surface area contributed by atoms with Gasteiger partial charge in [0.05, 0.1) is 25.2 Å². The number of fused-ring (bicyclic) bond motifs is 1. The molecule has 5 rings (SSSR count). The second-order valence-electron chi connectivity index (χ2n) is 9.00. The number of benzene rings is 1. The Kier molecular flexibility index (Phi) is 7.15. The van der Waals surface area contributed by atoms with Gasteiger partial charge >= 0.3 is 0 Å². The van der Waals surface area contributed by atoms with E-state index in [0.29, 0.717) is 45.9 Å². The monoisotopic (exact) mass is 551 g/mol. The third-order valence-corrected chi connectivity index (χ3v) is 8.61. The van der Waals surface area contributed by atoms with Crippen LogP contribution in [0.4, 0.5) is 0 Å². The van der Waals surface area contributed by atoms with Gasteiger partial charge in [0.15, 0.2) is 21.4 Å². The van der Waals surface area contributed by atoms with Crippen molar-refractivity contribution in [3.63, 3.8) is 0 Å². The molecule has 1 aromatic carbocycles. The number of methoxy groups -OCH3 is 3. The van der Waals surface area contributed by atoms with E-state index in [1.165, 1.54) is 21.3 Å². The summed E-state index contributed by atoms with van der Waals surface area (Å²) in [5.41, 5.74) is 1.66. The second kappa shape index (κ2) is 10.5. The smallest absolute Gasteiger partial charge is 0.204 e. The number of rotatable bonds is 10. The predicted octanol–water partition coefficient (Wildman–Crippen LogP) is 4.19. The van der Waals surface area contributed by atoms with Crippen LogP contribution in [-0.4, -0.2) is 59.1 Å². The van der Waals surface area contributed by atoms with Crippen LogP contribution in [-0.2, 0) is 20.3 Å². The summed E-state index contributed by atoms with van der Waals surface area (Å²) in [5, 5.41) is 7.66. The van der Waals surface area contributed by atoms with Crippen molar-refractivity contribution >= 4 is 15.5 Å². The summed E-state index contributed by atoms with van der Waals surface area (Å²) in [4.78, 5) is 4.58. The summed E-state index contributed by atoms with van der Waals surface area (Å²) < 4.78 is 53.8. The Morgan fingerprint density at radius 1 is 0.974 bits per heavy atom. The maximum Gasteiger partial charge on any atom is 0.204 e. The molecule has 0 saturated heterocycles. The summed E-state index contributed by atoms with van der Waals surface area (Å²) >= 11 is 0. The van der Waals surface area contributed by atoms with E-state index in [9.17, 15) is 8.42 Å². The van der Waals surface area contributed by atoms with Crippen molar-refractivity contribution < 1.29 is 27.0 Å². The maximum atomic E-state index is 13.8. The van der Waals surface area contributed by atoms with Crippen molar-refractivity contribution in [1.29, 1.82) is 0 Å². The number of ether oxygens (including phenoxy) is 3. The molecule has 0 spiro atoms. The molecule has 204 valence electrons. The summed E-state index contributed by atoms with van der Waals surface area (Å²) in [5.74, 6) is 2.03. The highest BCUT2D eigenvalue weighted by Gasteiger charge is 2.35. The van der Waals surface area contributed by atoms with E-state index >= 15 is 0 Å². The van der Waals surface area contributed by atoms with E-state index in [0.717, 1.165) is 0 Å². The van der Waals surface area contributed by atoms with Crippen LogP contribution in [0.5, 0.6) is 11.5 Å². The van der Waals surface area contributed by atoms with Crippen molar-refractivity contribution in [3.05, 3.63) is 78.2 Å². The molecule has 4 aromatic heterocycles. The van der Waals surface area contributed by atoms with Crippen molar-refractivity contribution in [3.8, 4) is 28.8 Å². The molecule has 0 N–H and O–H groups in total. The summed E-state index contributed by atoms with van der Waals surface area (Å²) in [6, 6.07) is 14.4. The van der Waals surface area contributed by atoms with Crippen LogP contribution in [0.2, 0.25) is 0 Å². The van der Waals surface area contributed by atoms with Crippen molar-refractivity contribution in [1.82, 2.24) is 24.1 Å². The Hall–Kier alpha value is -4.16. The van der Waals surface area contributed by atoms with Crippen LogP contribution in [0, 0.1) is 6.92 Å². The number of para-hydroxylation sites is 1. The highest BCUT2D eigenvalue weighted by atomic mass is 32.2. The minimum absolute atomic E-state index is 0.165. The molecule has 5 aromatic rings. The summed E-state index contributed by atoms with van der Waals surface area (Å²) in [6.07, 6.45) is 2.81. The van der Waals surface area contributed by atoms with Crippen LogP contribution in [0.1, 0.15) is 30.3 Å². The Morgan fingerprint density at radius 3 is 2.33 bits per heavy atom. The third kappa shape index (κ3) is 4.88. The first-order valence-corrected chi connectivity index (χ1v) is 13.9. The number of hydrogen-bond acceptors (Lipinski definition) is 9. The quantitative estimate of drug-likeness (QED) is 0.251. The highest BCUT2D eigenvalue weighted by Crippen LogP contribution is 2.37. The normalized spacial score (nSPS) is 13.5. The Balaban J connectivity index is 1.59. The molecular formula is C27H29N5O6S. The minimum Gasteiger partial charge on any atom is -0.494 e. The van der Waals surface area contributed by atoms with Crippen LogP contribution >= 0.6 is 0 Å². The average Bonchev–Trinajstić information content (AvgIpc) is 3.66. The molecule has 39 heavy (non-hydrogen) atoms. The molecule has 0 amide bonds. The number of aryl methyl sites for hydroxylation is 1. The number of hydrogen-bond donors (Lipinski definition) is 0. The third-order valence-electron chi connectivity index (χ3n) is 6.57. The molecule has 12 heteroatoms. The van der Waals surface area contributed by atoms with Gasteiger partial charge in [-0.1, -0.05) is 12.1 Å². The van der Waals surface area contributed by atoms with Crippen LogP contribution in [0.15, 0.2) is 65.3 Å². The topological polar surface area (TPSA) is 123 Å². The van der Waals surface area contributed by atoms with Crippen LogP contribution in [0.3, 0.4) is 0 Å². The van der Waals surface area contributed by atoms with Gasteiger partial charge in [-0.15, -0.1) is 10.2 Å². The molecule has 0 aliphatic heterocycles. The molecule has 0 saturated carbocycles. The molecule has 0 radical (unpaired) electrons. The minimum atomic E-state index is -3.85. The average molecular weight is 552 g/mol. The lowest BCUT2D eigenvalue weighted by Gasteiger charge is -2.22. The largest absolute Gasteiger partial charge is 0.494 e. The number of imidazole rings is 1. The van der Waals surface area contributed by atoms with Crippen molar-refractivity contribution in [2.24, 2.45) is 0 Å². The van der Waals surface area contributed by atoms with E-state index in [4.69, 9.17) is 18.6 Å². The van der Waals surface area contributed by atoms with Gasteiger partial charge in [-0.25, -0.2) is 13.4 Å². The van der Waals surface area contributed by atoms with Gasteiger partial charge in [-0.2, -0.15) is 0 Å². The summed E-state index contributed by atoms with van der Waals surface area (Å²) in [7, 11) is 0.666. The highest BCUT2D eigenvalue weighted by molar-refractivity contribution is 7.91. The van der Waals surface area contributed by atoms with Gasteiger partial charge in [0.2, 0.25) is 5.82 Å². The van der Waals surface area contributed by atoms with Crippen molar-refractivity contribution in [2.75, 3.05) is 21.3 Å². The van der Waals surface area contributed by atoms with E-state index in [-0.39, 0.29) is 5.82 Å². The first kappa shape index (κ1) is 26.4.